The van der Waals surface area contributed by atoms with Gasteiger partial charge in [-0.25, -0.2) is 4.39 Å². The molecule has 2 rings (SSSR count). The Morgan fingerprint density at radius 3 is 2.65 bits per heavy atom. The lowest BCUT2D eigenvalue weighted by molar-refractivity contribution is 0.408. The molecule has 0 amide bonds. The Balaban J connectivity index is 1.84. The van der Waals surface area contributed by atoms with Crippen molar-refractivity contribution in [1.82, 2.24) is 5.32 Å². The summed E-state index contributed by atoms with van der Waals surface area (Å²) in [6.07, 6.45) is 0.890. The Kier molecular flexibility index (Phi) is 5.13. The summed E-state index contributed by atoms with van der Waals surface area (Å²) < 4.78 is 18.3. The highest BCUT2D eigenvalue weighted by Crippen LogP contribution is 2.16. The van der Waals surface area contributed by atoms with Crippen molar-refractivity contribution in [2.45, 2.75) is 19.9 Å². The van der Waals surface area contributed by atoms with E-state index >= 15 is 0 Å². The Morgan fingerprint density at radius 1 is 1.10 bits per heavy atom. The van der Waals surface area contributed by atoms with Crippen molar-refractivity contribution in [1.29, 1.82) is 0 Å². The monoisotopic (exact) mass is 273 g/mol. The minimum absolute atomic E-state index is 0.173. The van der Waals surface area contributed by atoms with Crippen molar-refractivity contribution >= 4 is 0 Å². The molecule has 0 aliphatic heterocycles. The summed E-state index contributed by atoms with van der Waals surface area (Å²) in [6, 6.07) is 12.9. The largest absolute Gasteiger partial charge is 0.496 e. The highest BCUT2D eigenvalue weighted by atomic mass is 19.1. The lowest BCUT2D eigenvalue weighted by Gasteiger charge is -2.10. The van der Waals surface area contributed by atoms with Gasteiger partial charge in [-0.3, -0.25) is 0 Å². The van der Waals surface area contributed by atoms with Gasteiger partial charge in [0.1, 0.15) is 11.6 Å². The van der Waals surface area contributed by atoms with Crippen molar-refractivity contribution < 1.29 is 9.13 Å². The van der Waals surface area contributed by atoms with Crippen LogP contribution in [0, 0.1) is 12.7 Å². The number of ether oxygens (including phenoxy) is 1. The number of halogens is 1. The number of aryl methyl sites for hydroxylation is 1. The van der Waals surface area contributed by atoms with Gasteiger partial charge in [-0.2, -0.15) is 0 Å². The molecule has 0 radical (unpaired) electrons. The molecule has 20 heavy (non-hydrogen) atoms. The zero-order valence-corrected chi connectivity index (χ0v) is 11.9. The first kappa shape index (κ1) is 14.5. The topological polar surface area (TPSA) is 21.3 Å². The first-order chi connectivity index (χ1) is 9.70. The third kappa shape index (κ3) is 3.81. The molecule has 0 saturated carbocycles. The van der Waals surface area contributed by atoms with Crippen LogP contribution in [-0.4, -0.2) is 13.7 Å². The summed E-state index contributed by atoms with van der Waals surface area (Å²) in [7, 11) is 1.68. The van der Waals surface area contributed by atoms with Gasteiger partial charge in [0.2, 0.25) is 0 Å². The highest BCUT2D eigenvalue weighted by Gasteiger charge is 2.02. The normalized spacial score (nSPS) is 10.6. The SMILES string of the molecule is COc1ccccc1CNCCc1ccc(F)cc1C. The standard InChI is InChI=1S/C17H20FNO/c1-13-11-16(18)8-7-14(13)9-10-19-12-15-5-3-4-6-17(15)20-2/h3-8,11,19H,9-10,12H2,1-2H3. The third-order valence-electron chi connectivity index (χ3n) is 3.38. The second-order valence-corrected chi connectivity index (χ2v) is 4.81. The average Bonchev–Trinajstić information content (AvgIpc) is 2.46. The molecular formula is C17H20FNO. The molecule has 2 nitrogen and oxygen atoms in total. The predicted octanol–water partition coefficient (Wildman–Crippen LogP) is 3.48. The predicted molar refractivity (Wildman–Crippen MR) is 79.5 cm³/mol. The molecule has 0 aromatic heterocycles. The number of methoxy groups -OCH3 is 1. The molecule has 0 atom stereocenters. The van der Waals surface area contributed by atoms with Crippen molar-refractivity contribution in [2.24, 2.45) is 0 Å². The maximum Gasteiger partial charge on any atom is 0.123 e. The van der Waals surface area contributed by atoms with Crippen LogP contribution in [0.3, 0.4) is 0 Å². The van der Waals surface area contributed by atoms with E-state index in [4.69, 9.17) is 4.74 Å². The summed E-state index contributed by atoms with van der Waals surface area (Å²) >= 11 is 0. The van der Waals surface area contributed by atoms with Gasteiger partial charge in [-0.1, -0.05) is 24.3 Å². The lowest BCUT2D eigenvalue weighted by atomic mass is 10.1. The molecule has 3 heteroatoms. The maximum absolute atomic E-state index is 13.0. The molecule has 1 N–H and O–H groups in total. The van der Waals surface area contributed by atoms with Gasteiger partial charge in [0.25, 0.3) is 0 Å². The van der Waals surface area contributed by atoms with Gasteiger partial charge >= 0.3 is 0 Å². The maximum atomic E-state index is 13.0. The lowest BCUT2D eigenvalue weighted by Crippen LogP contribution is -2.17. The minimum atomic E-state index is -0.173. The zero-order chi connectivity index (χ0) is 14.4. The number of hydrogen-bond donors (Lipinski definition) is 1. The number of rotatable bonds is 6. The van der Waals surface area contributed by atoms with E-state index in [1.165, 1.54) is 11.6 Å². The van der Waals surface area contributed by atoms with Crippen LogP contribution < -0.4 is 10.1 Å². The minimum Gasteiger partial charge on any atom is -0.496 e. The molecule has 0 bridgehead atoms. The highest BCUT2D eigenvalue weighted by molar-refractivity contribution is 5.33. The molecule has 106 valence electrons. The Morgan fingerprint density at radius 2 is 1.90 bits per heavy atom. The molecule has 2 aromatic rings. The van der Waals surface area contributed by atoms with Crippen LogP contribution in [-0.2, 0) is 13.0 Å². The van der Waals surface area contributed by atoms with Crippen LogP contribution >= 0.6 is 0 Å². The van der Waals surface area contributed by atoms with Crippen molar-refractivity contribution in [3.8, 4) is 5.75 Å². The smallest absolute Gasteiger partial charge is 0.123 e. The van der Waals surface area contributed by atoms with E-state index in [2.05, 4.69) is 11.4 Å². The molecular weight excluding hydrogens is 253 g/mol. The van der Waals surface area contributed by atoms with Crippen LogP contribution in [0.4, 0.5) is 4.39 Å². The first-order valence-electron chi connectivity index (χ1n) is 6.78. The van der Waals surface area contributed by atoms with E-state index in [0.29, 0.717) is 0 Å². The van der Waals surface area contributed by atoms with Crippen LogP contribution in [0.25, 0.3) is 0 Å². The number of benzene rings is 2. The van der Waals surface area contributed by atoms with E-state index < -0.39 is 0 Å². The fourth-order valence-electron chi connectivity index (χ4n) is 2.23. The van der Waals surface area contributed by atoms with Crippen molar-refractivity contribution in [3.63, 3.8) is 0 Å². The molecule has 0 unspecified atom stereocenters. The Hall–Kier alpha value is -1.87. The Labute approximate surface area is 119 Å². The van der Waals surface area contributed by atoms with Gasteiger partial charge < -0.3 is 10.1 Å². The van der Waals surface area contributed by atoms with Crippen LogP contribution in [0.1, 0.15) is 16.7 Å². The van der Waals surface area contributed by atoms with E-state index in [-0.39, 0.29) is 5.82 Å². The average molecular weight is 273 g/mol. The quantitative estimate of drug-likeness (QED) is 0.814. The van der Waals surface area contributed by atoms with Gasteiger partial charge in [-0.05, 0) is 49.2 Å². The van der Waals surface area contributed by atoms with Crippen molar-refractivity contribution in [3.05, 3.63) is 65.0 Å². The summed E-state index contributed by atoms with van der Waals surface area (Å²) in [4.78, 5) is 0. The Bertz CT molecular complexity index is 569. The summed E-state index contributed by atoms with van der Waals surface area (Å²) in [5.74, 6) is 0.728. The fraction of sp³-hybridized carbons (Fsp3) is 0.294. The summed E-state index contributed by atoms with van der Waals surface area (Å²) in [5, 5.41) is 3.39. The van der Waals surface area contributed by atoms with E-state index in [9.17, 15) is 4.39 Å². The molecule has 0 aliphatic rings. The number of nitrogens with one attached hydrogen (secondary N) is 1. The number of hydrogen-bond acceptors (Lipinski definition) is 2. The second-order valence-electron chi connectivity index (χ2n) is 4.81. The molecule has 0 spiro atoms. The molecule has 0 aliphatic carbocycles. The van der Waals surface area contributed by atoms with E-state index in [1.54, 1.807) is 13.2 Å². The van der Waals surface area contributed by atoms with Gasteiger partial charge in [0, 0.05) is 12.1 Å². The van der Waals surface area contributed by atoms with Gasteiger partial charge in [0.15, 0.2) is 0 Å². The summed E-state index contributed by atoms with van der Waals surface area (Å²) in [5.41, 5.74) is 3.33. The van der Waals surface area contributed by atoms with Gasteiger partial charge in [0.05, 0.1) is 7.11 Å². The summed E-state index contributed by atoms with van der Waals surface area (Å²) in [6.45, 7) is 3.56. The molecule has 0 fully saturated rings. The zero-order valence-electron chi connectivity index (χ0n) is 11.9. The van der Waals surface area contributed by atoms with Crippen molar-refractivity contribution in [2.75, 3.05) is 13.7 Å². The molecule has 0 heterocycles. The first-order valence-corrected chi connectivity index (χ1v) is 6.78. The second kappa shape index (κ2) is 7.06. The fourth-order valence-corrected chi connectivity index (χ4v) is 2.23. The van der Waals surface area contributed by atoms with E-state index in [1.807, 2.05) is 31.2 Å². The van der Waals surface area contributed by atoms with Crippen LogP contribution in [0.2, 0.25) is 0 Å². The molecule has 0 saturated heterocycles. The van der Waals surface area contributed by atoms with Crippen LogP contribution in [0.15, 0.2) is 42.5 Å². The van der Waals surface area contributed by atoms with Gasteiger partial charge in [-0.15, -0.1) is 0 Å². The van der Waals surface area contributed by atoms with Crippen LogP contribution in [0.5, 0.6) is 5.75 Å². The number of para-hydroxylation sites is 1. The molecule has 2 aromatic carbocycles. The van der Waals surface area contributed by atoms with E-state index in [0.717, 1.165) is 36.4 Å². The third-order valence-corrected chi connectivity index (χ3v) is 3.38.